The summed E-state index contributed by atoms with van der Waals surface area (Å²) in [6.45, 7) is 8.20. The van der Waals surface area contributed by atoms with Crippen LogP contribution in [0.15, 0.2) is 18.5 Å². The molecule has 2 aromatic heterocycles. The van der Waals surface area contributed by atoms with Gasteiger partial charge in [0.2, 0.25) is 0 Å². The predicted molar refractivity (Wildman–Crippen MR) is 74.4 cm³/mol. The van der Waals surface area contributed by atoms with Gasteiger partial charge in [-0.2, -0.15) is 0 Å². The number of nitrogens with zero attached hydrogens (tertiary/aromatic N) is 3. The van der Waals surface area contributed by atoms with Crippen LogP contribution >= 0.6 is 11.3 Å². The van der Waals surface area contributed by atoms with Crippen LogP contribution in [0.1, 0.15) is 24.4 Å². The summed E-state index contributed by atoms with van der Waals surface area (Å²) >= 11 is 1.62. The Hall–Kier alpha value is -1.33. The lowest BCUT2D eigenvalue weighted by Crippen LogP contribution is -2.18. The maximum atomic E-state index is 4.21. The van der Waals surface area contributed by atoms with Crippen LogP contribution < -0.4 is 5.32 Å². The van der Waals surface area contributed by atoms with Gasteiger partial charge in [0.1, 0.15) is 10.0 Å². The summed E-state index contributed by atoms with van der Waals surface area (Å²) in [5.74, 6) is 0.651. The minimum absolute atomic E-state index is 0.651. The van der Waals surface area contributed by atoms with Crippen LogP contribution in [0.2, 0.25) is 0 Å². The van der Waals surface area contributed by atoms with Gasteiger partial charge in [0.15, 0.2) is 0 Å². The number of rotatable bonds is 5. The highest BCUT2D eigenvalue weighted by atomic mass is 32.1. The van der Waals surface area contributed by atoms with Crippen molar-refractivity contribution in [3.05, 3.63) is 29.0 Å². The zero-order valence-electron chi connectivity index (χ0n) is 11.0. The lowest BCUT2D eigenvalue weighted by Gasteiger charge is -2.03. The Bertz CT molecular complexity index is 507. The average molecular weight is 262 g/mol. The van der Waals surface area contributed by atoms with Crippen LogP contribution in [0.4, 0.5) is 0 Å². The van der Waals surface area contributed by atoms with E-state index in [4.69, 9.17) is 0 Å². The third-order valence-electron chi connectivity index (χ3n) is 2.42. The molecule has 0 spiro atoms. The molecular formula is C13H18N4S. The standard InChI is InChI=1S/C13H18N4S/c1-9(2)5-14-8-12-16-17-13(18-12)11-4-10(3)6-15-7-11/h4,6-7,9,14H,5,8H2,1-3H3. The molecule has 96 valence electrons. The summed E-state index contributed by atoms with van der Waals surface area (Å²) < 4.78 is 0. The number of nitrogens with one attached hydrogen (secondary N) is 1. The van der Waals surface area contributed by atoms with E-state index in [1.54, 1.807) is 11.3 Å². The van der Waals surface area contributed by atoms with E-state index < -0.39 is 0 Å². The van der Waals surface area contributed by atoms with Crippen LogP contribution in [0, 0.1) is 12.8 Å². The van der Waals surface area contributed by atoms with E-state index in [0.29, 0.717) is 5.92 Å². The quantitative estimate of drug-likeness (QED) is 0.900. The van der Waals surface area contributed by atoms with Gasteiger partial charge in [-0.3, -0.25) is 4.98 Å². The minimum Gasteiger partial charge on any atom is -0.310 e. The van der Waals surface area contributed by atoms with Crippen LogP contribution in [-0.2, 0) is 6.54 Å². The fourth-order valence-electron chi connectivity index (χ4n) is 1.58. The Labute approximate surface area is 111 Å². The first-order chi connectivity index (χ1) is 8.65. The second-order valence-corrected chi connectivity index (χ2v) is 5.84. The lowest BCUT2D eigenvalue weighted by atomic mass is 10.2. The molecule has 0 atom stereocenters. The van der Waals surface area contributed by atoms with Crippen molar-refractivity contribution in [2.24, 2.45) is 5.92 Å². The molecule has 0 aliphatic heterocycles. The fourth-order valence-corrected chi connectivity index (χ4v) is 2.37. The Morgan fingerprint density at radius 2 is 2.11 bits per heavy atom. The molecule has 0 bridgehead atoms. The molecule has 18 heavy (non-hydrogen) atoms. The Kier molecular flexibility index (Phi) is 4.38. The molecular weight excluding hydrogens is 244 g/mol. The van der Waals surface area contributed by atoms with Crippen LogP contribution in [0.3, 0.4) is 0 Å². The number of aromatic nitrogens is 3. The average Bonchev–Trinajstić information content (AvgIpc) is 2.77. The Morgan fingerprint density at radius 3 is 2.83 bits per heavy atom. The summed E-state index contributed by atoms with van der Waals surface area (Å²) in [5, 5.41) is 13.7. The Morgan fingerprint density at radius 1 is 1.28 bits per heavy atom. The molecule has 2 aromatic rings. The van der Waals surface area contributed by atoms with Crippen molar-refractivity contribution in [1.29, 1.82) is 0 Å². The minimum atomic E-state index is 0.651. The molecule has 0 amide bonds. The molecule has 2 rings (SSSR count). The molecule has 0 fully saturated rings. The smallest absolute Gasteiger partial charge is 0.149 e. The fraction of sp³-hybridized carbons (Fsp3) is 0.462. The van der Waals surface area contributed by atoms with Crippen molar-refractivity contribution in [2.75, 3.05) is 6.54 Å². The molecule has 0 radical (unpaired) electrons. The lowest BCUT2D eigenvalue weighted by molar-refractivity contribution is 0.550. The van der Waals surface area contributed by atoms with Gasteiger partial charge in [-0.1, -0.05) is 25.2 Å². The van der Waals surface area contributed by atoms with E-state index in [9.17, 15) is 0 Å². The molecule has 5 heteroatoms. The Balaban J connectivity index is 2.02. The third-order valence-corrected chi connectivity index (χ3v) is 3.39. The first kappa shape index (κ1) is 13.1. The second-order valence-electron chi connectivity index (χ2n) is 4.78. The van der Waals surface area contributed by atoms with Crippen LogP contribution in [0.5, 0.6) is 0 Å². The van der Waals surface area contributed by atoms with E-state index in [1.807, 2.05) is 19.3 Å². The van der Waals surface area contributed by atoms with Crippen molar-refractivity contribution < 1.29 is 0 Å². The molecule has 2 heterocycles. The third kappa shape index (κ3) is 3.58. The maximum Gasteiger partial charge on any atom is 0.149 e. The second kappa shape index (κ2) is 6.02. The first-order valence-electron chi connectivity index (χ1n) is 6.10. The number of aryl methyl sites for hydroxylation is 1. The van der Waals surface area contributed by atoms with Crippen molar-refractivity contribution in [3.8, 4) is 10.6 Å². The van der Waals surface area contributed by atoms with Gasteiger partial charge in [0, 0.05) is 24.5 Å². The van der Waals surface area contributed by atoms with Gasteiger partial charge in [-0.25, -0.2) is 0 Å². The zero-order valence-corrected chi connectivity index (χ0v) is 11.8. The van der Waals surface area contributed by atoms with Crippen molar-refractivity contribution in [2.45, 2.75) is 27.3 Å². The normalized spacial score (nSPS) is 11.1. The topological polar surface area (TPSA) is 50.7 Å². The summed E-state index contributed by atoms with van der Waals surface area (Å²) in [6, 6.07) is 2.08. The molecule has 0 aliphatic rings. The summed E-state index contributed by atoms with van der Waals surface area (Å²) in [5.41, 5.74) is 2.18. The van der Waals surface area contributed by atoms with Crippen molar-refractivity contribution in [1.82, 2.24) is 20.5 Å². The molecule has 4 nitrogen and oxygen atoms in total. The first-order valence-corrected chi connectivity index (χ1v) is 6.92. The van der Waals surface area contributed by atoms with E-state index >= 15 is 0 Å². The summed E-state index contributed by atoms with van der Waals surface area (Å²) in [4.78, 5) is 4.18. The van der Waals surface area contributed by atoms with Gasteiger partial charge in [0.25, 0.3) is 0 Å². The highest BCUT2D eigenvalue weighted by Crippen LogP contribution is 2.23. The highest BCUT2D eigenvalue weighted by molar-refractivity contribution is 7.14. The molecule has 0 saturated carbocycles. The van der Waals surface area contributed by atoms with Gasteiger partial charge in [-0.05, 0) is 31.0 Å². The predicted octanol–water partition coefficient (Wildman–Crippen LogP) is 2.65. The monoisotopic (exact) mass is 262 g/mol. The number of hydrogen-bond donors (Lipinski definition) is 1. The highest BCUT2D eigenvalue weighted by Gasteiger charge is 2.07. The zero-order chi connectivity index (χ0) is 13.0. The maximum absolute atomic E-state index is 4.21. The number of pyridine rings is 1. The van der Waals surface area contributed by atoms with E-state index in [2.05, 4.69) is 40.4 Å². The van der Waals surface area contributed by atoms with E-state index in [-0.39, 0.29) is 0 Å². The SMILES string of the molecule is Cc1cncc(-c2nnc(CNCC(C)C)s2)c1. The van der Waals surface area contributed by atoms with Crippen LogP contribution in [-0.4, -0.2) is 21.7 Å². The van der Waals surface area contributed by atoms with Gasteiger partial charge in [0.05, 0.1) is 0 Å². The summed E-state index contributed by atoms with van der Waals surface area (Å²) in [6.07, 6.45) is 3.68. The molecule has 0 unspecified atom stereocenters. The largest absolute Gasteiger partial charge is 0.310 e. The van der Waals surface area contributed by atoms with Crippen LogP contribution in [0.25, 0.3) is 10.6 Å². The van der Waals surface area contributed by atoms with Gasteiger partial charge >= 0.3 is 0 Å². The van der Waals surface area contributed by atoms with Crippen molar-refractivity contribution in [3.63, 3.8) is 0 Å². The molecule has 0 aliphatic carbocycles. The molecule has 1 N–H and O–H groups in total. The molecule has 0 aromatic carbocycles. The van der Waals surface area contributed by atoms with E-state index in [0.717, 1.165) is 34.2 Å². The molecule has 0 saturated heterocycles. The van der Waals surface area contributed by atoms with Crippen molar-refractivity contribution >= 4 is 11.3 Å². The van der Waals surface area contributed by atoms with E-state index in [1.165, 1.54) is 0 Å². The number of hydrogen-bond acceptors (Lipinski definition) is 5. The van der Waals surface area contributed by atoms with Gasteiger partial charge in [-0.15, -0.1) is 10.2 Å². The summed E-state index contributed by atoms with van der Waals surface area (Å²) in [7, 11) is 0. The van der Waals surface area contributed by atoms with Gasteiger partial charge < -0.3 is 5.32 Å².